The lowest BCUT2D eigenvalue weighted by atomic mass is 10.2. The summed E-state index contributed by atoms with van der Waals surface area (Å²) in [4.78, 5) is 6.56. The molecule has 0 saturated heterocycles. The SMILES string of the molecule is COc1ccc(CNS(=O)(=O)c2cnc(C)[nH]2)c(OC)c1. The molecule has 0 spiro atoms. The molecule has 0 radical (unpaired) electrons. The molecule has 0 unspecified atom stereocenters. The number of hydrogen-bond donors (Lipinski definition) is 2. The molecule has 114 valence electrons. The van der Waals surface area contributed by atoms with Gasteiger partial charge in [0.05, 0.1) is 20.4 Å². The summed E-state index contributed by atoms with van der Waals surface area (Å²) in [6.45, 7) is 1.79. The molecule has 0 fully saturated rings. The predicted molar refractivity (Wildman–Crippen MR) is 76.9 cm³/mol. The molecule has 0 saturated carbocycles. The van der Waals surface area contributed by atoms with Crippen LogP contribution in [0.4, 0.5) is 0 Å². The molecule has 0 atom stereocenters. The first kappa shape index (κ1) is 15.3. The third-order valence-corrected chi connectivity index (χ3v) is 4.23. The quantitative estimate of drug-likeness (QED) is 0.836. The Morgan fingerprint density at radius 2 is 2.05 bits per heavy atom. The number of ether oxygens (including phenoxy) is 2. The van der Waals surface area contributed by atoms with E-state index in [-0.39, 0.29) is 11.6 Å². The van der Waals surface area contributed by atoms with Gasteiger partial charge in [-0.3, -0.25) is 0 Å². The van der Waals surface area contributed by atoms with Crippen molar-refractivity contribution in [1.29, 1.82) is 0 Å². The van der Waals surface area contributed by atoms with Gasteiger partial charge in [0, 0.05) is 18.2 Å². The van der Waals surface area contributed by atoms with Gasteiger partial charge >= 0.3 is 0 Å². The zero-order chi connectivity index (χ0) is 15.5. The summed E-state index contributed by atoms with van der Waals surface area (Å²) in [6, 6.07) is 5.19. The first-order valence-electron chi connectivity index (χ1n) is 6.18. The molecule has 8 heteroatoms. The summed E-state index contributed by atoms with van der Waals surface area (Å²) in [5.41, 5.74) is 0.707. The number of sulfonamides is 1. The van der Waals surface area contributed by atoms with Crippen molar-refractivity contribution in [2.75, 3.05) is 14.2 Å². The molecular formula is C13H17N3O4S. The first-order valence-corrected chi connectivity index (χ1v) is 7.67. The normalized spacial score (nSPS) is 11.4. The fourth-order valence-corrected chi connectivity index (χ4v) is 2.76. The van der Waals surface area contributed by atoms with E-state index in [1.54, 1.807) is 32.2 Å². The zero-order valence-electron chi connectivity index (χ0n) is 12.0. The van der Waals surface area contributed by atoms with Crippen LogP contribution in [0.3, 0.4) is 0 Å². The van der Waals surface area contributed by atoms with Crippen molar-refractivity contribution in [3.63, 3.8) is 0 Å². The number of methoxy groups -OCH3 is 2. The minimum absolute atomic E-state index is 0.0347. The van der Waals surface area contributed by atoms with Crippen molar-refractivity contribution >= 4 is 10.0 Å². The highest BCUT2D eigenvalue weighted by atomic mass is 32.2. The number of nitrogens with zero attached hydrogens (tertiary/aromatic N) is 1. The molecular weight excluding hydrogens is 294 g/mol. The summed E-state index contributed by atoms with van der Waals surface area (Å²) in [5, 5.41) is 0.0347. The Bertz CT molecular complexity index is 725. The van der Waals surface area contributed by atoms with Gasteiger partial charge in [-0.05, 0) is 13.0 Å². The van der Waals surface area contributed by atoms with E-state index in [4.69, 9.17) is 9.47 Å². The van der Waals surface area contributed by atoms with E-state index < -0.39 is 10.0 Å². The van der Waals surface area contributed by atoms with E-state index in [2.05, 4.69) is 14.7 Å². The van der Waals surface area contributed by atoms with Crippen molar-refractivity contribution in [1.82, 2.24) is 14.7 Å². The van der Waals surface area contributed by atoms with Crippen molar-refractivity contribution < 1.29 is 17.9 Å². The molecule has 2 N–H and O–H groups in total. The smallest absolute Gasteiger partial charge is 0.257 e. The van der Waals surface area contributed by atoms with Gasteiger partial charge in [-0.25, -0.2) is 18.1 Å². The van der Waals surface area contributed by atoms with Crippen molar-refractivity contribution in [2.24, 2.45) is 0 Å². The lowest BCUT2D eigenvalue weighted by molar-refractivity contribution is 0.390. The van der Waals surface area contributed by atoms with Crippen LogP contribution in [-0.2, 0) is 16.6 Å². The Hall–Kier alpha value is -2.06. The van der Waals surface area contributed by atoms with Crippen LogP contribution in [0.25, 0.3) is 0 Å². The van der Waals surface area contributed by atoms with Gasteiger partial charge in [0.25, 0.3) is 10.0 Å². The number of H-pyrrole nitrogens is 1. The zero-order valence-corrected chi connectivity index (χ0v) is 12.8. The Morgan fingerprint density at radius 1 is 1.29 bits per heavy atom. The van der Waals surface area contributed by atoms with E-state index >= 15 is 0 Å². The number of rotatable bonds is 6. The van der Waals surface area contributed by atoms with E-state index in [0.717, 1.165) is 0 Å². The summed E-state index contributed by atoms with van der Waals surface area (Å²) < 4.78 is 37.0. The van der Waals surface area contributed by atoms with E-state index in [9.17, 15) is 8.42 Å². The van der Waals surface area contributed by atoms with Crippen LogP contribution in [0.15, 0.2) is 29.4 Å². The molecule has 1 heterocycles. The summed E-state index contributed by atoms with van der Waals surface area (Å²) in [7, 11) is -0.561. The maximum absolute atomic E-state index is 12.1. The lowest BCUT2D eigenvalue weighted by Crippen LogP contribution is -2.23. The Labute approximate surface area is 123 Å². The van der Waals surface area contributed by atoms with E-state index in [0.29, 0.717) is 22.9 Å². The molecule has 2 aromatic rings. The van der Waals surface area contributed by atoms with Crippen LogP contribution in [-0.4, -0.2) is 32.6 Å². The van der Waals surface area contributed by atoms with Crippen LogP contribution >= 0.6 is 0 Å². The van der Waals surface area contributed by atoms with Gasteiger partial charge in [0.15, 0.2) is 5.03 Å². The van der Waals surface area contributed by atoms with Crippen LogP contribution in [0.2, 0.25) is 0 Å². The number of benzene rings is 1. The number of aromatic amines is 1. The second-order valence-electron chi connectivity index (χ2n) is 4.34. The number of hydrogen-bond acceptors (Lipinski definition) is 5. The number of aryl methyl sites for hydroxylation is 1. The minimum Gasteiger partial charge on any atom is -0.497 e. The summed E-state index contributed by atoms with van der Waals surface area (Å²) in [6.07, 6.45) is 1.28. The van der Waals surface area contributed by atoms with Gasteiger partial charge < -0.3 is 14.5 Å². The largest absolute Gasteiger partial charge is 0.497 e. The molecule has 0 bridgehead atoms. The van der Waals surface area contributed by atoms with Crippen LogP contribution < -0.4 is 14.2 Å². The van der Waals surface area contributed by atoms with E-state index in [1.165, 1.54) is 13.3 Å². The monoisotopic (exact) mass is 311 g/mol. The van der Waals surface area contributed by atoms with Crippen LogP contribution in [0, 0.1) is 6.92 Å². The lowest BCUT2D eigenvalue weighted by Gasteiger charge is -2.11. The maximum atomic E-state index is 12.1. The molecule has 21 heavy (non-hydrogen) atoms. The number of imidazole rings is 1. The number of nitrogens with one attached hydrogen (secondary N) is 2. The summed E-state index contributed by atoms with van der Waals surface area (Å²) >= 11 is 0. The molecule has 1 aromatic carbocycles. The van der Waals surface area contributed by atoms with Gasteiger partial charge in [-0.15, -0.1) is 0 Å². The van der Waals surface area contributed by atoms with Gasteiger partial charge in [-0.1, -0.05) is 6.07 Å². The Kier molecular flexibility index (Phi) is 4.49. The second-order valence-corrected chi connectivity index (χ2v) is 6.07. The molecule has 0 aliphatic rings. The van der Waals surface area contributed by atoms with Crippen molar-refractivity contribution in [3.05, 3.63) is 35.8 Å². The molecule has 7 nitrogen and oxygen atoms in total. The van der Waals surface area contributed by atoms with Gasteiger partial charge in [0.2, 0.25) is 0 Å². The standard InChI is InChI=1S/C13H17N3O4S/c1-9-14-8-13(16-9)21(17,18)15-7-10-4-5-11(19-2)6-12(10)20-3/h4-6,8,15H,7H2,1-3H3,(H,14,16). The first-order chi connectivity index (χ1) is 9.96. The highest BCUT2D eigenvalue weighted by Crippen LogP contribution is 2.24. The average Bonchev–Trinajstić information content (AvgIpc) is 2.92. The minimum atomic E-state index is -3.63. The summed E-state index contributed by atoms with van der Waals surface area (Å²) in [5.74, 6) is 1.73. The topological polar surface area (TPSA) is 93.3 Å². The predicted octanol–water partition coefficient (Wildman–Crippen LogP) is 1.21. The average molecular weight is 311 g/mol. The van der Waals surface area contributed by atoms with Crippen LogP contribution in [0.5, 0.6) is 11.5 Å². The highest BCUT2D eigenvalue weighted by Gasteiger charge is 2.17. The second kappa shape index (κ2) is 6.15. The molecule has 0 amide bonds. The Balaban J connectivity index is 2.16. The molecule has 0 aliphatic carbocycles. The maximum Gasteiger partial charge on any atom is 0.257 e. The molecule has 0 aliphatic heterocycles. The molecule has 1 aromatic heterocycles. The number of aromatic nitrogens is 2. The Morgan fingerprint density at radius 3 is 2.62 bits per heavy atom. The van der Waals surface area contributed by atoms with Gasteiger partial charge in [0.1, 0.15) is 17.3 Å². The fraction of sp³-hybridized carbons (Fsp3) is 0.308. The fourth-order valence-electron chi connectivity index (χ4n) is 1.78. The molecule has 2 rings (SSSR count). The third-order valence-electron chi connectivity index (χ3n) is 2.92. The van der Waals surface area contributed by atoms with E-state index in [1.807, 2.05) is 0 Å². The van der Waals surface area contributed by atoms with Gasteiger partial charge in [-0.2, -0.15) is 0 Å². The van der Waals surface area contributed by atoms with Crippen LogP contribution in [0.1, 0.15) is 11.4 Å². The third kappa shape index (κ3) is 3.53. The van der Waals surface area contributed by atoms with Crippen molar-refractivity contribution in [3.8, 4) is 11.5 Å². The van der Waals surface area contributed by atoms with Crippen molar-refractivity contribution in [2.45, 2.75) is 18.5 Å². The highest BCUT2D eigenvalue weighted by molar-refractivity contribution is 7.89.